The van der Waals surface area contributed by atoms with Crippen LogP contribution in [0.1, 0.15) is 21.3 Å². The van der Waals surface area contributed by atoms with Crippen LogP contribution in [-0.2, 0) is 4.79 Å². The SMILES string of the molecule is CN(C)C(CNC(=O)CNC(=O)c1cccc(Br)c1)c1cccs1. The van der Waals surface area contributed by atoms with Gasteiger partial charge in [-0.25, -0.2) is 0 Å². The lowest BCUT2D eigenvalue weighted by molar-refractivity contribution is -0.120. The van der Waals surface area contributed by atoms with Crippen molar-refractivity contribution in [2.24, 2.45) is 0 Å². The summed E-state index contributed by atoms with van der Waals surface area (Å²) in [7, 11) is 3.96. The van der Waals surface area contributed by atoms with Crippen molar-refractivity contribution in [3.05, 3.63) is 56.7 Å². The van der Waals surface area contributed by atoms with Crippen molar-refractivity contribution in [2.45, 2.75) is 6.04 Å². The Bertz CT molecular complexity index is 689. The predicted octanol–water partition coefficient (Wildman–Crippen LogP) is 2.66. The Labute approximate surface area is 154 Å². The van der Waals surface area contributed by atoms with Gasteiger partial charge >= 0.3 is 0 Å². The first-order valence-electron chi connectivity index (χ1n) is 7.47. The van der Waals surface area contributed by atoms with E-state index in [2.05, 4.69) is 37.5 Å². The zero-order valence-corrected chi connectivity index (χ0v) is 16.0. The van der Waals surface area contributed by atoms with Crippen molar-refractivity contribution in [3.8, 4) is 0 Å². The number of carbonyl (C=O) groups excluding carboxylic acids is 2. The first kappa shape index (κ1) is 18.6. The number of amides is 2. The maximum absolute atomic E-state index is 12.0. The Morgan fingerprint density at radius 3 is 2.62 bits per heavy atom. The quantitative estimate of drug-likeness (QED) is 0.738. The summed E-state index contributed by atoms with van der Waals surface area (Å²) in [6.45, 7) is 0.453. The van der Waals surface area contributed by atoms with Crippen molar-refractivity contribution in [1.82, 2.24) is 15.5 Å². The molecule has 1 unspecified atom stereocenters. The molecule has 0 radical (unpaired) electrons. The molecule has 0 spiro atoms. The molecule has 0 saturated carbocycles. The maximum Gasteiger partial charge on any atom is 0.251 e. The van der Waals surface area contributed by atoms with Gasteiger partial charge in [-0.3, -0.25) is 9.59 Å². The lowest BCUT2D eigenvalue weighted by atomic mass is 10.2. The van der Waals surface area contributed by atoms with E-state index in [0.29, 0.717) is 12.1 Å². The van der Waals surface area contributed by atoms with Crippen molar-refractivity contribution < 1.29 is 9.59 Å². The second-order valence-corrected chi connectivity index (χ2v) is 7.39. The second-order valence-electron chi connectivity index (χ2n) is 5.49. The first-order chi connectivity index (χ1) is 11.5. The van der Waals surface area contributed by atoms with Gasteiger partial charge in [0.05, 0.1) is 12.6 Å². The number of likely N-dealkylation sites (N-methyl/N-ethyl adjacent to an activating group) is 1. The van der Waals surface area contributed by atoms with Crippen molar-refractivity contribution in [1.29, 1.82) is 0 Å². The molecule has 2 aromatic rings. The molecule has 1 heterocycles. The number of thiophene rings is 1. The van der Waals surface area contributed by atoms with Gasteiger partial charge in [0.1, 0.15) is 0 Å². The average Bonchev–Trinajstić information content (AvgIpc) is 3.06. The molecule has 2 N–H and O–H groups in total. The van der Waals surface area contributed by atoms with Crippen molar-refractivity contribution >= 4 is 39.1 Å². The van der Waals surface area contributed by atoms with Gasteiger partial charge < -0.3 is 15.5 Å². The molecule has 0 bridgehead atoms. The molecular formula is C17H20BrN3O2S. The Morgan fingerprint density at radius 2 is 2.00 bits per heavy atom. The van der Waals surface area contributed by atoms with E-state index in [1.54, 1.807) is 29.5 Å². The summed E-state index contributed by atoms with van der Waals surface area (Å²) in [5, 5.41) is 7.52. The zero-order valence-electron chi connectivity index (χ0n) is 13.6. The topological polar surface area (TPSA) is 61.4 Å². The van der Waals surface area contributed by atoms with Gasteiger partial charge in [-0.05, 0) is 43.7 Å². The van der Waals surface area contributed by atoms with E-state index < -0.39 is 0 Å². The Hall–Kier alpha value is -1.70. The standard InChI is InChI=1S/C17H20BrN3O2S/c1-21(2)14(15-7-4-8-24-15)10-19-16(22)11-20-17(23)12-5-3-6-13(18)9-12/h3-9,14H,10-11H2,1-2H3,(H,19,22)(H,20,23). The van der Waals surface area contributed by atoms with Crippen LogP contribution in [0.2, 0.25) is 0 Å². The number of benzene rings is 1. The third-order valence-electron chi connectivity index (χ3n) is 3.48. The number of hydrogen-bond acceptors (Lipinski definition) is 4. The van der Waals surface area contributed by atoms with E-state index in [1.807, 2.05) is 31.6 Å². The van der Waals surface area contributed by atoms with E-state index >= 15 is 0 Å². The van der Waals surface area contributed by atoms with Crippen LogP contribution in [0, 0.1) is 0 Å². The largest absolute Gasteiger partial charge is 0.353 e. The van der Waals surface area contributed by atoms with Gasteiger partial charge in [-0.1, -0.05) is 28.1 Å². The lowest BCUT2D eigenvalue weighted by Crippen LogP contribution is -2.40. The molecular weight excluding hydrogens is 390 g/mol. The Balaban J connectivity index is 1.81. The number of halogens is 1. The van der Waals surface area contributed by atoms with Crippen molar-refractivity contribution in [2.75, 3.05) is 27.2 Å². The fraction of sp³-hybridized carbons (Fsp3) is 0.294. The van der Waals surface area contributed by atoms with Gasteiger partial charge in [0.15, 0.2) is 0 Å². The summed E-state index contributed by atoms with van der Waals surface area (Å²) in [4.78, 5) is 27.3. The number of nitrogens with zero attached hydrogens (tertiary/aromatic N) is 1. The highest BCUT2D eigenvalue weighted by molar-refractivity contribution is 9.10. The monoisotopic (exact) mass is 409 g/mol. The second kappa shape index (κ2) is 8.96. The molecule has 0 aliphatic rings. The van der Waals surface area contributed by atoms with Crippen LogP contribution in [0.4, 0.5) is 0 Å². The zero-order chi connectivity index (χ0) is 17.5. The summed E-state index contributed by atoms with van der Waals surface area (Å²) in [6, 6.07) is 11.2. The van der Waals surface area contributed by atoms with Gasteiger partial charge in [-0.2, -0.15) is 0 Å². The maximum atomic E-state index is 12.0. The molecule has 0 aliphatic heterocycles. The fourth-order valence-electron chi connectivity index (χ4n) is 2.18. The van der Waals surface area contributed by atoms with Crippen molar-refractivity contribution in [3.63, 3.8) is 0 Å². The normalized spacial score (nSPS) is 12.0. The summed E-state index contributed by atoms with van der Waals surface area (Å²) >= 11 is 4.98. The molecule has 0 saturated heterocycles. The Kier molecular flexibility index (Phi) is 6.96. The van der Waals surface area contributed by atoms with E-state index in [-0.39, 0.29) is 24.4 Å². The molecule has 1 aromatic heterocycles. The molecule has 0 fully saturated rings. The molecule has 1 aromatic carbocycles. The fourth-order valence-corrected chi connectivity index (χ4v) is 3.51. The predicted molar refractivity (Wildman–Crippen MR) is 100 cm³/mol. The van der Waals surface area contributed by atoms with Crippen LogP contribution >= 0.6 is 27.3 Å². The van der Waals surface area contributed by atoms with Gasteiger partial charge in [0, 0.05) is 21.5 Å². The van der Waals surface area contributed by atoms with Crippen LogP contribution in [0.5, 0.6) is 0 Å². The highest BCUT2D eigenvalue weighted by Crippen LogP contribution is 2.22. The minimum Gasteiger partial charge on any atom is -0.353 e. The van der Waals surface area contributed by atoms with Crippen LogP contribution in [0.25, 0.3) is 0 Å². The molecule has 0 aliphatic carbocycles. The minimum absolute atomic E-state index is 0.0457. The minimum atomic E-state index is -0.270. The number of carbonyl (C=O) groups is 2. The third-order valence-corrected chi connectivity index (χ3v) is 4.95. The summed E-state index contributed by atoms with van der Waals surface area (Å²) in [6.07, 6.45) is 0. The summed E-state index contributed by atoms with van der Waals surface area (Å²) in [5.41, 5.74) is 0.516. The van der Waals surface area contributed by atoms with Gasteiger partial charge in [-0.15, -0.1) is 11.3 Å². The molecule has 1 atom stereocenters. The van der Waals surface area contributed by atoms with E-state index in [4.69, 9.17) is 0 Å². The van der Waals surface area contributed by atoms with Crippen LogP contribution in [0.15, 0.2) is 46.3 Å². The van der Waals surface area contributed by atoms with Gasteiger partial charge in [0.2, 0.25) is 5.91 Å². The molecule has 2 rings (SSSR count). The summed E-state index contributed by atoms with van der Waals surface area (Å²) in [5.74, 6) is -0.476. The lowest BCUT2D eigenvalue weighted by Gasteiger charge is -2.23. The van der Waals surface area contributed by atoms with E-state index in [1.165, 1.54) is 4.88 Å². The van der Waals surface area contributed by atoms with E-state index in [0.717, 1.165) is 4.47 Å². The number of hydrogen-bond donors (Lipinski definition) is 2. The summed E-state index contributed by atoms with van der Waals surface area (Å²) < 4.78 is 0.823. The third kappa shape index (κ3) is 5.43. The van der Waals surface area contributed by atoms with Crippen LogP contribution in [0.3, 0.4) is 0 Å². The average molecular weight is 410 g/mol. The molecule has 2 amide bonds. The van der Waals surface area contributed by atoms with Crippen LogP contribution < -0.4 is 10.6 Å². The highest BCUT2D eigenvalue weighted by Gasteiger charge is 2.16. The molecule has 7 heteroatoms. The number of nitrogens with one attached hydrogen (secondary N) is 2. The van der Waals surface area contributed by atoms with Crippen LogP contribution in [-0.4, -0.2) is 43.9 Å². The smallest absolute Gasteiger partial charge is 0.251 e. The molecule has 24 heavy (non-hydrogen) atoms. The molecule has 128 valence electrons. The van der Waals surface area contributed by atoms with Gasteiger partial charge in [0.25, 0.3) is 5.91 Å². The number of rotatable bonds is 7. The molecule has 5 nitrogen and oxygen atoms in total. The Morgan fingerprint density at radius 1 is 1.21 bits per heavy atom. The highest BCUT2D eigenvalue weighted by atomic mass is 79.9. The first-order valence-corrected chi connectivity index (χ1v) is 9.15. The van der Waals surface area contributed by atoms with E-state index in [9.17, 15) is 9.59 Å².